The van der Waals surface area contributed by atoms with Crippen LogP contribution in [-0.4, -0.2) is 145 Å². The fourth-order valence-corrected chi connectivity index (χ4v) is 6.08. The molecule has 0 radical (unpaired) electrons. The Morgan fingerprint density at radius 3 is 2.48 bits per heavy atom. The number of nitrogens with zero attached hydrogens (tertiary/aromatic N) is 10. The van der Waals surface area contributed by atoms with E-state index in [0.717, 1.165) is 31.5 Å². The molecule has 17 heteroatoms. The highest BCUT2D eigenvalue weighted by molar-refractivity contribution is 6.45. The van der Waals surface area contributed by atoms with Gasteiger partial charge in [-0.2, -0.15) is 9.78 Å². The zero-order valence-electron chi connectivity index (χ0n) is 26.2. The molecule has 48 heavy (non-hydrogen) atoms. The topological polar surface area (TPSA) is 174 Å². The molecule has 0 atom stereocenters. The Labute approximate surface area is 273 Å². The number of pyridine rings is 1. The Morgan fingerprint density at radius 2 is 1.73 bits per heavy atom. The van der Waals surface area contributed by atoms with Crippen LogP contribution in [0.15, 0.2) is 48.8 Å². The molecule has 2 fully saturated rings. The Balaban J connectivity index is 1.04. The number of carbonyl (C=O) groups excluding carboxylic acids is 3. The number of hydrogen-bond donors (Lipinski definition) is 2. The highest BCUT2D eigenvalue weighted by atomic mass is 19.1. The molecule has 5 aromatic rings. The van der Waals surface area contributed by atoms with E-state index in [-0.39, 0.29) is 46.9 Å². The number of benzene rings is 1. The summed E-state index contributed by atoms with van der Waals surface area (Å²) in [5, 5.41) is 19.0. The van der Waals surface area contributed by atoms with Crippen LogP contribution in [0.25, 0.3) is 28.0 Å². The van der Waals surface area contributed by atoms with Crippen LogP contribution in [0.5, 0.6) is 0 Å². The van der Waals surface area contributed by atoms with E-state index in [1.54, 1.807) is 22.8 Å². The van der Waals surface area contributed by atoms with Crippen molar-refractivity contribution in [1.29, 1.82) is 0 Å². The van der Waals surface area contributed by atoms with Crippen LogP contribution >= 0.6 is 0 Å². The minimum atomic E-state index is -0.845. The highest BCUT2D eigenvalue weighted by Crippen LogP contribution is 2.30. The molecule has 248 valence electrons. The molecule has 4 aromatic heterocycles. The van der Waals surface area contributed by atoms with E-state index in [1.165, 1.54) is 11.1 Å². The van der Waals surface area contributed by atoms with E-state index in [0.29, 0.717) is 44.4 Å². The number of nitrogens with one attached hydrogen (secondary N) is 2. The first kappa shape index (κ1) is 31.1. The van der Waals surface area contributed by atoms with Gasteiger partial charge in [-0.15, -0.1) is 0 Å². The van der Waals surface area contributed by atoms with Crippen LogP contribution in [0, 0.1) is 5.82 Å². The number of fused-ring (bicyclic) bond motifs is 1. The molecular weight excluding hydrogens is 623 g/mol. The van der Waals surface area contributed by atoms with E-state index in [4.69, 9.17) is 4.74 Å². The molecule has 0 aliphatic carbocycles. The zero-order valence-corrected chi connectivity index (χ0v) is 26.2. The summed E-state index contributed by atoms with van der Waals surface area (Å²) >= 11 is 0. The lowest BCUT2D eigenvalue weighted by molar-refractivity contribution is -0.126. The lowest BCUT2D eigenvalue weighted by Crippen LogP contribution is -2.51. The summed E-state index contributed by atoms with van der Waals surface area (Å²) in [6.07, 6.45) is 2.29. The van der Waals surface area contributed by atoms with Crippen LogP contribution in [0.1, 0.15) is 20.8 Å². The van der Waals surface area contributed by atoms with Gasteiger partial charge in [-0.25, -0.2) is 9.37 Å². The Hall–Kier alpha value is -5.55. The molecule has 7 rings (SSSR count). The SMILES string of the molecule is COCCN1CCN(C(=O)c2cc(-c3ncc(F)c4c(C(=O)C(=O)N5CCN(c6nnnn6-c6ccccc6)CC5)c[nH]c34)n[nH]2)CC1. The van der Waals surface area contributed by atoms with Crippen LogP contribution in [0.3, 0.4) is 0 Å². The summed E-state index contributed by atoms with van der Waals surface area (Å²) < 4.78 is 22.0. The molecule has 2 aliphatic heterocycles. The number of carbonyl (C=O) groups is 3. The van der Waals surface area contributed by atoms with Crippen LogP contribution in [0.4, 0.5) is 10.3 Å². The van der Waals surface area contributed by atoms with Crippen molar-refractivity contribution in [3.05, 3.63) is 65.9 Å². The third kappa shape index (κ3) is 5.88. The van der Waals surface area contributed by atoms with Crippen molar-refractivity contribution in [1.82, 2.24) is 55.1 Å². The maximum absolute atomic E-state index is 15.2. The monoisotopic (exact) mass is 656 g/mol. The molecule has 1 aromatic carbocycles. The van der Waals surface area contributed by atoms with Gasteiger partial charge in [0.05, 0.1) is 35.0 Å². The van der Waals surface area contributed by atoms with E-state index >= 15 is 4.39 Å². The number of aromatic nitrogens is 8. The van der Waals surface area contributed by atoms with Crippen molar-refractivity contribution in [2.45, 2.75) is 0 Å². The quantitative estimate of drug-likeness (QED) is 0.171. The Kier molecular flexibility index (Phi) is 8.60. The van der Waals surface area contributed by atoms with Gasteiger partial charge in [0.25, 0.3) is 17.6 Å². The summed E-state index contributed by atoms with van der Waals surface area (Å²) in [6, 6.07) is 11.0. The van der Waals surface area contributed by atoms with Crippen molar-refractivity contribution in [3.63, 3.8) is 0 Å². The molecule has 0 saturated carbocycles. The van der Waals surface area contributed by atoms with E-state index in [9.17, 15) is 14.4 Å². The number of piperazine rings is 2. The number of halogens is 1. The van der Waals surface area contributed by atoms with Gasteiger partial charge < -0.3 is 24.4 Å². The molecule has 2 saturated heterocycles. The van der Waals surface area contributed by atoms with E-state index in [1.807, 2.05) is 35.2 Å². The Morgan fingerprint density at radius 1 is 0.979 bits per heavy atom. The molecule has 2 N–H and O–H groups in total. The molecule has 0 unspecified atom stereocenters. The molecule has 16 nitrogen and oxygen atoms in total. The fraction of sp³-hybridized carbons (Fsp3) is 0.355. The normalized spacial score (nSPS) is 15.8. The first-order valence-corrected chi connectivity index (χ1v) is 15.6. The second-order valence-corrected chi connectivity index (χ2v) is 11.5. The number of hydrogen-bond acceptors (Lipinski definition) is 11. The minimum Gasteiger partial charge on any atom is -0.383 e. The number of rotatable bonds is 9. The van der Waals surface area contributed by atoms with Gasteiger partial charge in [0.1, 0.15) is 17.1 Å². The van der Waals surface area contributed by atoms with Crippen molar-refractivity contribution < 1.29 is 23.5 Å². The highest BCUT2D eigenvalue weighted by Gasteiger charge is 2.32. The fourth-order valence-electron chi connectivity index (χ4n) is 6.08. The van der Waals surface area contributed by atoms with E-state index < -0.39 is 17.5 Å². The summed E-state index contributed by atoms with van der Waals surface area (Å²) in [6.45, 7) is 5.32. The van der Waals surface area contributed by atoms with Crippen molar-refractivity contribution >= 4 is 34.4 Å². The summed E-state index contributed by atoms with van der Waals surface area (Å²) in [5.74, 6) is -2.03. The second-order valence-electron chi connectivity index (χ2n) is 11.5. The average molecular weight is 657 g/mol. The standard InChI is InChI=1S/C31H33FN12O4/c1-48-16-15-40-7-9-41(10-8-40)29(46)24-17-23(35-36-24)26-27-25(22(32)19-34-26)21(18-33-27)28(45)30(47)42-11-13-43(14-12-42)31-37-38-39-44(31)20-5-3-2-4-6-20/h2-6,17-19,33H,7-16H2,1H3,(H,35,36). The van der Waals surface area contributed by atoms with Gasteiger partial charge in [0.15, 0.2) is 5.82 Å². The number of Topliss-reactive ketones (excluding diaryl/α,β-unsaturated/α-hetero) is 1. The molecule has 0 spiro atoms. The van der Waals surface area contributed by atoms with Crippen molar-refractivity contribution in [2.75, 3.05) is 77.5 Å². The molecule has 2 amide bonds. The van der Waals surface area contributed by atoms with Gasteiger partial charge in [-0.1, -0.05) is 23.3 Å². The number of ketones is 1. The number of H-pyrrole nitrogens is 2. The number of para-hydroxylation sites is 1. The molecule has 6 heterocycles. The smallest absolute Gasteiger partial charge is 0.295 e. The van der Waals surface area contributed by atoms with Gasteiger partial charge in [0, 0.05) is 72.2 Å². The van der Waals surface area contributed by atoms with Crippen LogP contribution in [-0.2, 0) is 9.53 Å². The maximum atomic E-state index is 15.2. The summed E-state index contributed by atoms with van der Waals surface area (Å²) in [7, 11) is 1.66. The first-order valence-electron chi connectivity index (χ1n) is 15.6. The Bertz CT molecular complexity index is 1940. The molecular formula is C31H33FN12O4. The predicted molar refractivity (Wildman–Crippen MR) is 170 cm³/mol. The maximum Gasteiger partial charge on any atom is 0.295 e. The third-order valence-electron chi connectivity index (χ3n) is 8.73. The largest absolute Gasteiger partial charge is 0.383 e. The molecule has 2 aliphatic rings. The van der Waals surface area contributed by atoms with Gasteiger partial charge in [-0.05, 0) is 28.6 Å². The number of tetrazole rings is 1. The van der Waals surface area contributed by atoms with Gasteiger partial charge in [0.2, 0.25) is 5.95 Å². The number of anilines is 1. The lowest BCUT2D eigenvalue weighted by atomic mass is 10.1. The van der Waals surface area contributed by atoms with Crippen LogP contribution in [0.2, 0.25) is 0 Å². The first-order chi connectivity index (χ1) is 23.4. The van der Waals surface area contributed by atoms with Gasteiger partial charge in [-0.3, -0.25) is 24.4 Å². The van der Waals surface area contributed by atoms with Gasteiger partial charge >= 0.3 is 0 Å². The van der Waals surface area contributed by atoms with Crippen molar-refractivity contribution in [2.24, 2.45) is 0 Å². The number of amides is 2. The van der Waals surface area contributed by atoms with Crippen LogP contribution < -0.4 is 4.90 Å². The number of ether oxygens (including phenoxy) is 1. The predicted octanol–water partition coefficient (Wildman–Crippen LogP) is 1.00. The second kappa shape index (κ2) is 13.3. The number of methoxy groups -OCH3 is 1. The van der Waals surface area contributed by atoms with E-state index in [2.05, 4.69) is 40.6 Å². The van der Waals surface area contributed by atoms with Crippen molar-refractivity contribution in [3.8, 4) is 17.1 Å². The average Bonchev–Trinajstić information content (AvgIpc) is 3.92. The summed E-state index contributed by atoms with van der Waals surface area (Å²) in [4.78, 5) is 54.5. The third-order valence-corrected chi connectivity index (χ3v) is 8.73. The number of aromatic amines is 2. The minimum absolute atomic E-state index is 0.0675. The molecule has 0 bridgehead atoms. The lowest BCUT2D eigenvalue weighted by Gasteiger charge is -2.34. The summed E-state index contributed by atoms with van der Waals surface area (Å²) in [5.41, 5.74) is 1.69. The zero-order chi connectivity index (χ0) is 33.2.